The van der Waals surface area contributed by atoms with Crippen LogP contribution in [-0.4, -0.2) is 12.5 Å². The molecule has 0 radical (unpaired) electrons. The van der Waals surface area contributed by atoms with Crippen LogP contribution in [0.5, 0.6) is 0 Å². The Morgan fingerprint density at radius 1 is 1.57 bits per heavy atom. The van der Waals surface area contributed by atoms with Gasteiger partial charge in [0.2, 0.25) is 0 Å². The monoisotopic (exact) mass is 98.0 g/mol. The van der Waals surface area contributed by atoms with Gasteiger partial charge in [0.05, 0.1) is 6.21 Å². The zero-order valence-corrected chi connectivity index (χ0v) is 3.74. The Hall–Kier alpha value is -1.12. The predicted octanol–water partition coefficient (Wildman–Crippen LogP) is -0.314. The van der Waals surface area contributed by atoms with Gasteiger partial charge < -0.3 is 5.73 Å². The van der Waals surface area contributed by atoms with Crippen molar-refractivity contribution in [2.75, 3.05) is 0 Å². The summed E-state index contributed by atoms with van der Waals surface area (Å²) in [6.45, 7) is 0. The molecule has 0 aromatic heterocycles. The molecule has 3 heteroatoms. The van der Waals surface area contributed by atoms with Crippen molar-refractivity contribution < 1.29 is 4.79 Å². The molecule has 0 amide bonds. The summed E-state index contributed by atoms with van der Waals surface area (Å²) in [4.78, 5) is 12.9. The van der Waals surface area contributed by atoms with Gasteiger partial charge in [-0.1, -0.05) is 0 Å². The Morgan fingerprint density at radius 2 is 2.29 bits per heavy atom. The van der Waals surface area contributed by atoms with Crippen molar-refractivity contribution in [3.05, 3.63) is 12.4 Å². The minimum atomic E-state index is 0.583. The Morgan fingerprint density at radius 3 is 2.71 bits per heavy atom. The first-order valence-corrected chi connectivity index (χ1v) is 1.75. The van der Waals surface area contributed by atoms with E-state index in [4.69, 9.17) is 5.73 Å². The van der Waals surface area contributed by atoms with Gasteiger partial charge in [0.1, 0.15) is 0 Å². The van der Waals surface area contributed by atoms with E-state index >= 15 is 0 Å². The minimum absolute atomic E-state index is 0.583. The number of hydrogen-bond acceptors (Lipinski definition) is 3. The average molecular weight is 98.1 g/mol. The van der Waals surface area contributed by atoms with Crippen LogP contribution in [0.4, 0.5) is 0 Å². The molecule has 0 aromatic carbocycles. The van der Waals surface area contributed by atoms with Crippen LogP contribution in [0.2, 0.25) is 0 Å². The fourth-order valence-corrected chi connectivity index (χ4v) is 0.135. The third kappa shape index (κ3) is 4.88. The SMILES string of the molecule is N/C=C\N=CC=O. The highest BCUT2D eigenvalue weighted by atomic mass is 16.1. The fourth-order valence-electron chi connectivity index (χ4n) is 0.135. The van der Waals surface area contributed by atoms with Crippen LogP contribution in [0.25, 0.3) is 0 Å². The summed E-state index contributed by atoms with van der Waals surface area (Å²) in [5, 5.41) is 0. The first-order chi connectivity index (χ1) is 3.41. The molecule has 3 nitrogen and oxygen atoms in total. The molecule has 0 heterocycles. The summed E-state index contributed by atoms with van der Waals surface area (Å²) in [6.07, 6.45) is 4.28. The predicted molar refractivity (Wildman–Crippen MR) is 27.9 cm³/mol. The maximum Gasteiger partial charge on any atom is 0.161 e. The van der Waals surface area contributed by atoms with E-state index in [9.17, 15) is 4.79 Å². The van der Waals surface area contributed by atoms with E-state index in [1.54, 1.807) is 0 Å². The molecule has 0 spiro atoms. The van der Waals surface area contributed by atoms with E-state index in [-0.39, 0.29) is 0 Å². The molecule has 0 saturated heterocycles. The second kappa shape index (κ2) is 4.88. The zero-order valence-electron chi connectivity index (χ0n) is 3.74. The average Bonchev–Trinajstić information content (AvgIpc) is 1.69. The number of hydrogen-bond donors (Lipinski definition) is 1. The maximum absolute atomic E-state index is 9.46. The van der Waals surface area contributed by atoms with Gasteiger partial charge in [0.15, 0.2) is 6.29 Å². The Balaban J connectivity index is 3.27. The maximum atomic E-state index is 9.46. The normalized spacial score (nSPS) is 10.9. The van der Waals surface area contributed by atoms with Crippen molar-refractivity contribution in [3.8, 4) is 0 Å². The molecule has 2 N–H and O–H groups in total. The number of nitrogens with zero attached hydrogens (tertiary/aromatic N) is 1. The minimum Gasteiger partial charge on any atom is -0.403 e. The van der Waals surface area contributed by atoms with E-state index in [0.717, 1.165) is 6.21 Å². The molecule has 0 atom stereocenters. The van der Waals surface area contributed by atoms with Crippen molar-refractivity contribution >= 4 is 12.5 Å². The van der Waals surface area contributed by atoms with Gasteiger partial charge in [-0.2, -0.15) is 0 Å². The lowest BCUT2D eigenvalue weighted by molar-refractivity contribution is -0.102. The molecule has 7 heavy (non-hydrogen) atoms. The number of carbonyl (C=O) groups is 1. The van der Waals surface area contributed by atoms with Crippen LogP contribution in [0, 0.1) is 0 Å². The van der Waals surface area contributed by atoms with E-state index in [0.29, 0.717) is 6.29 Å². The summed E-state index contributed by atoms with van der Waals surface area (Å²) >= 11 is 0. The number of nitrogens with two attached hydrogens (primary N) is 1. The van der Waals surface area contributed by atoms with Crippen molar-refractivity contribution in [2.24, 2.45) is 10.7 Å². The summed E-state index contributed by atoms with van der Waals surface area (Å²) < 4.78 is 0. The lowest BCUT2D eigenvalue weighted by atomic mass is 10.8. The number of aldehydes is 1. The Labute approximate surface area is 41.5 Å². The third-order valence-corrected chi connectivity index (χ3v) is 0.319. The van der Waals surface area contributed by atoms with Gasteiger partial charge >= 0.3 is 0 Å². The van der Waals surface area contributed by atoms with Gasteiger partial charge in [0.25, 0.3) is 0 Å². The van der Waals surface area contributed by atoms with Crippen LogP contribution in [-0.2, 0) is 4.79 Å². The summed E-state index contributed by atoms with van der Waals surface area (Å²) in [7, 11) is 0. The van der Waals surface area contributed by atoms with Gasteiger partial charge in [-0.15, -0.1) is 0 Å². The lowest BCUT2D eigenvalue weighted by Crippen LogP contribution is -1.74. The lowest BCUT2D eigenvalue weighted by Gasteiger charge is -1.65. The van der Waals surface area contributed by atoms with Crippen molar-refractivity contribution in [2.45, 2.75) is 0 Å². The topological polar surface area (TPSA) is 55.4 Å². The smallest absolute Gasteiger partial charge is 0.161 e. The molecule has 0 rings (SSSR count). The second-order valence-corrected chi connectivity index (χ2v) is 0.776. The number of aliphatic imine (C=N–C) groups is 1. The highest BCUT2D eigenvalue weighted by molar-refractivity contribution is 6.13. The third-order valence-electron chi connectivity index (χ3n) is 0.319. The highest BCUT2D eigenvalue weighted by Crippen LogP contribution is 1.61. The largest absolute Gasteiger partial charge is 0.403 e. The van der Waals surface area contributed by atoms with Gasteiger partial charge in [-0.25, -0.2) is 0 Å². The van der Waals surface area contributed by atoms with Gasteiger partial charge in [-0.05, 0) is 0 Å². The molecule has 0 fully saturated rings. The molecular formula is C4H6N2O. The standard InChI is InChI=1S/C4H6N2O/c5-1-2-6-3-4-7/h1-4H,5H2/b2-1-,6-3?. The van der Waals surface area contributed by atoms with Crippen LogP contribution in [0.1, 0.15) is 0 Å². The molecule has 0 aliphatic rings. The van der Waals surface area contributed by atoms with Crippen molar-refractivity contribution in [1.82, 2.24) is 0 Å². The summed E-state index contributed by atoms with van der Waals surface area (Å²) in [5.41, 5.74) is 4.86. The molecule has 0 unspecified atom stereocenters. The molecule has 0 bridgehead atoms. The highest BCUT2D eigenvalue weighted by Gasteiger charge is 1.56. The first kappa shape index (κ1) is 5.88. The van der Waals surface area contributed by atoms with E-state index in [1.165, 1.54) is 12.4 Å². The van der Waals surface area contributed by atoms with Gasteiger partial charge in [-0.3, -0.25) is 9.79 Å². The summed E-state index contributed by atoms with van der Waals surface area (Å²) in [6, 6.07) is 0. The van der Waals surface area contributed by atoms with Crippen LogP contribution < -0.4 is 5.73 Å². The molecule has 0 aliphatic carbocycles. The second-order valence-electron chi connectivity index (χ2n) is 0.776. The van der Waals surface area contributed by atoms with Crippen molar-refractivity contribution in [3.63, 3.8) is 0 Å². The molecule has 38 valence electrons. The van der Waals surface area contributed by atoms with E-state index in [2.05, 4.69) is 4.99 Å². The van der Waals surface area contributed by atoms with Crippen molar-refractivity contribution in [1.29, 1.82) is 0 Å². The number of carbonyl (C=O) groups excluding carboxylic acids is 1. The van der Waals surface area contributed by atoms with E-state index in [1.807, 2.05) is 0 Å². The molecule has 0 aromatic rings. The molecule has 0 aliphatic heterocycles. The molecular weight excluding hydrogens is 92.1 g/mol. The van der Waals surface area contributed by atoms with Crippen LogP contribution >= 0.6 is 0 Å². The molecule has 0 saturated carbocycles. The van der Waals surface area contributed by atoms with Crippen LogP contribution in [0.3, 0.4) is 0 Å². The Kier molecular flexibility index (Phi) is 4.10. The first-order valence-electron chi connectivity index (χ1n) is 1.75. The Bertz CT molecular complexity index is 95.9. The van der Waals surface area contributed by atoms with Crippen LogP contribution in [0.15, 0.2) is 17.4 Å². The van der Waals surface area contributed by atoms with Gasteiger partial charge in [0, 0.05) is 12.4 Å². The quantitative estimate of drug-likeness (QED) is 0.380. The fraction of sp³-hybridized carbons (Fsp3) is 0. The number of rotatable bonds is 2. The van der Waals surface area contributed by atoms with E-state index < -0.39 is 0 Å². The summed E-state index contributed by atoms with van der Waals surface area (Å²) in [5.74, 6) is 0. The zero-order chi connectivity index (χ0) is 5.54.